The molecule has 1 aliphatic rings. The smallest absolute Gasteiger partial charge is 0.251 e. The molecule has 1 aromatic rings. The molecule has 0 unspecified atom stereocenters. The maximum atomic E-state index is 12.3. The molecule has 4 nitrogen and oxygen atoms in total. The van der Waals surface area contributed by atoms with E-state index in [1.165, 1.54) is 29.9 Å². The van der Waals surface area contributed by atoms with Crippen molar-refractivity contribution in [1.82, 2.24) is 9.88 Å². The second kappa shape index (κ2) is 6.67. The van der Waals surface area contributed by atoms with Gasteiger partial charge in [-0.1, -0.05) is 27.2 Å². The van der Waals surface area contributed by atoms with E-state index in [-0.39, 0.29) is 17.5 Å². The highest BCUT2D eigenvalue weighted by Gasteiger charge is 2.32. The van der Waals surface area contributed by atoms with E-state index in [2.05, 4.69) is 26.1 Å². The molecule has 22 heavy (non-hydrogen) atoms. The minimum Gasteiger partial charge on any atom is -0.349 e. The highest BCUT2D eigenvalue weighted by molar-refractivity contribution is 5.94. The summed E-state index contributed by atoms with van der Waals surface area (Å²) in [6.45, 7) is 6.94. The first-order valence-electron chi connectivity index (χ1n) is 8.31. The number of hydrogen-bond acceptors (Lipinski definition) is 2. The molecule has 0 spiro atoms. The van der Waals surface area contributed by atoms with Gasteiger partial charge in [0.15, 0.2) is 0 Å². The third kappa shape index (κ3) is 3.79. The lowest BCUT2D eigenvalue weighted by Crippen LogP contribution is -2.40. The van der Waals surface area contributed by atoms with Crippen molar-refractivity contribution in [3.05, 3.63) is 34.2 Å². The van der Waals surface area contributed by atoms with Crippen molar-refractivity contribution in [3.8, 4) is 0 Å². The molecule has 0 aromatic carbocycles. The van der Waals surface area contributed by atoms with Crippen LogP contribution in [0.4, 0.5) is 0 Å². The molecule has 122 valence electrons. The quantitative estimate of drug-likeness (QED) is 0.929. The number of carbonyl (C=O) groups is 1. The minimum atomic E-state index is -0.152. The lowest BCUT2D eigenvalue weighted by atomic mass is 9.69. The first-order valence-corrected chi connectivity index (χ1v) is 8.31. The fourth-order valence-corrected chi connectivity index (χ4v) is 3.27. The van der Waals surface area contributed by atoms with Crippen LogP contribution in [-0.2, 0) is 7.05 Å². The Morgan fingerprint density at radius 3 is 2.50 bits per heavy atom. The van der Waals surface area contributed by atoms with Crippen LogP contribution in [0.5, 0.6) is 0 Å². The van der Waals surface area contributed by atoms with E-state index in [4.69, 9.17) is 0 Å². The summed E-state index contributed by atoms with van der Waals surface area (Å²) in [4.78, 5) is 23.9. The number of aryl methyl sites for hydroxylation is 1. The number of carbonyl (C=O) groups excluding carboxylic acids is 1. The second-order valence-electron chi connectivity index (χ2n) is 7.23. The van der Waals surface area contributed by atoms with Crippen LogP contribution in [0, 0.1) is 11.3 Å². The Labute approximate surface area is 132 Å². The molecule has 1 aliphatic carbocycles. The van der Waals surface area contributed by atoms with Crippen molar-refractivity contribution in [1.29, 1.82) is 0 Å². The van der Waals surface area contributed by atoms with E-state index in [0.717, 1.165) is 18.8 Å². The fraction of sp³-hybridized carbons (Fsp3) is 0.667. The van der Waals surface area contributed by atoms with Crippen LogP contribution in [0.2, 0.25) is 0 Å². The van der Waals surface area contributed by atoms with Crippen molar-refractivity contribution >= 4 is 5.91 Å². The number of rotatable bonds is 4. The van der Waals surface area contributed by atoms with E-state index >= 15 is 0 Å². The van der Waals surface area contributed by atoms with E-state index in [0.29, 0.717) is 11.0 Å². The summed E-state index contributed by atoms with van der Waals surface area (Å²) in [6, 6.07) is 3.34. The molecule has 0 atom stereocenters. The molecule has 1 heterocycles. The predicted molar refractivity (Wildman–Crippen MR) is 89.0 cm³/mol. The molecule has 0 radical (unpaired) electrons. The van der Waals surface area contributed by atoms with Crippen LogP contribution in [0.25, 0.3) is 0 Å². The van der Waals surface area contributed by atoms with Crippen LogP contribution in [0.15, 0.2) is 23.1 Å². The van der Waals surface area contributed by atoms with Gasteiger partial charge in [-0.15, -0.1) is 0 Å². The third-order valence-corrected chi connectivity index (χ3v) is 5.45. The summed E-state index contributed by atoms with van der Waals surface area (Å²) in [5, 5.41) is 3.08. The third-order valence-electron chi connectivity index (χ3n) is 5.45. The van der Waals surface area contributed by atoms with Gasteiger partial charge in [-0.05, 0) is 43.1 Å². The van der Waals surface area contributed by atoms with E-state index in [1.54, 1.807) is 19.3 Å². The summed E-state index contributed by atoms with van der Waals surface area (Å²) in [7, 11) is 1.68. The molecule has 2 rings (SSSR count). The molecule has 0 aliphatic heterocycles. The van der Waals surface area contributed by atoms with Crippen molar-refractivity contribution in [2.24, 2.45) is 18.4 Å². The number of hydrogen-bond donors (Lipinski definition) is 1. The van der Waals surface area contributed by atoms with Crippen LogP contribution in [0.3, 0.4) is 0 Å². The van der Waals surface area contributed by atoms with Gasteiger partial charge < -0.3 is 9.88 Å². The van der Waals surface area contributed by atoms with Crippen molar-refractivity contribution in [2.45, 2.75) is 58.9 Å². The zero-order valence-corrected chi connectivity index (χ0v) is 14.2. The monoisotopic (exact) mass is 304 g/mol. The zero-order valence-electron chi connectivity index (χ0n) is 14.2. The Balaban J connectivity index is 1.92. The maximum Gasteiger partial charge on any atom is 0.251 e. The molecular weight excluding hydrogens is 276 g/mol. The van der Waals surface area contributed by atoms with Gasteiger partial charge in [-0.25, -0.2) is 0 Å². The molecule has 1 aromatic heterocycles. The Kier molecular flexibility index (Phi) is 5.09. The zero-order chi connectivity index (χ0) is 16.3. The number of pyridine rings is 1. The summed E-state index contributed by atoms with van der Waals surface area (Å²) in [5.41, 5.74) is 0.695. The molecule has 1 saturated carbocycles. The lowest BCUT2D eigenvalue weighted by molar-refractivity contribution is 0.0893. The van der Waals surface area contributed by atoms with E-state index in [1.807, 2.05) is 0 Å². The van der Waals surface area contributed by atoms with Crippen LogP contribution < -0.4 is 10.9 Å². The average Bonchev–Trinajstić information content (AvgIpc) is 2.50. The van der Waals surface area contributed by atoms with Crippen molar-refractivity contribution in [3.63, 3.8) is 0 Å². The van der Waals surface area contributed by atoms with Gasteiger partial charge in [0.05, 0.1) is 0 Å². The molecular formula is C18H28N2O2. The molecule has 1 amide bonds. The number of nitrogens with zero attached hydrogens (tertiary/aromatic N) is 1. The summed E-state index contributed by atoms with van der Waals surface area (Å²) in [5.74, 6) is 0.616. The minimum absolute atomic E-state index is 0.129. The standard InChI is InChI=1S/C18H28N2O2/c1-5-18(2,3)14-6-8-15(9-7-14)19-17(22)13-10-11-20(4)16(21)12-13/h10-12,14-15H,5-9H2,1-4H3,(H,19,22). The first-order chi connectivity index (χ1) is 10.3. The van der Waals surface area contributed by atoms with Crippen LogP contribution in [-0.4, -0.2) is 16.5 Å². The molecule has 0 saturated heterocycles. The summed E-state index contributed by atoms with van der Waals surface area (Å²) in [6.07, 6.45) is 7.24. The Morgan fingerprint density at radius 2 is 1.95 bits per heavy atom. The topological polar surface area (TPSA) is 51.1 Å². The molecule has 1 fully saturated rings. The van der Waals surface area contributed by atoms with Gasteiger partial charge in [0.2, 0.25) is 0 Å². The van der Waals surface area contributed by atoms with Crippen molar-refractivity contribution < 1.29 is 4.79 Å². The van der Waals surface area contributed by atoms with Crippen molar-refractivity contribution in [2.75, 3.05) is 0 Å². The predicted octanol–water partition coefficient (Wildman–Crippen LogP) is 3.11. The summed E-state index contributed by atoms with van der Waals surface area (Å²) < 4.78 is 1.47. The van der Waals surface area contributed by atoms with E-state index < -0.39 is 0 Å². The van der Waals surface area contributed by atoms with Gasteiger partial charge in [-0.2, -0.15) is 0 Å². The van der Waals surface area contributed by atoms with Crippen LogP contribution >= 0.6 is 0 Å². The molecule has 4 heteroatoms. The number of amides is 1. The highest BCUT2D eigenvalue weighted by atomic mass is 16.2. The SMILES string of the molecule is CCC(C)(C)C1CCC(NC(=O)c2ccn(C)c(=O)c2)CC1. The fourth-order valence-electron chi connectivity index (χ4n) is 3.27. The Bertz CT molecular complexity index is 581. The van der Waals surface area contributed by atoms with Crippen LogP contribution in [0.1, 0.15) is 63.2 Å². The van der Waals surface area contributed by atoms with Gasteiger partial charge in [0.1, 0.15) is 0 Å². The molecule has 1 N–H and O–H groups in total. The Morgan fingerprint density at radius 1 is 1.32 bits per heavy atom. The molecule has 0 bridgehead atoms. The maximum absolute atomic E-state index is 12.3. The Hall–Kier alpha value is -1.58. The largest absolute Gasteiger partial charge is 0.349 e. The number of aromatic nitrogens is 1. The van der Waals surface area contributed by atoms with Gasteiger partial charge in [0.25, 0.3) is 11.5 Å². The van der Waals surface area contributed by atoms with Gasteiger partial charge in [-0.3, -0.25) is 9.59 Å². The van der Waals surface area contributed by atoms with Gasteiger partial charge >= 0.3 is 0 Å². The second-order valence-corrected chi connectivity index (χ2v) is 7.23. The van der Waals surface area contributed by atoms with Gasteiger partial charge in [0, 0.05) is 30.9 Å². The summed E-state index contributed by atoms with van der Waals surface area (Å²) >= 11 is 0. The highest BCUT2D eigenvalue weighted by Crippen LogP contribution is 2.40. The normalized spacial score (nSPS) is 22.4. The lowest BCUT2D eigenvalue weighted by Gasteiger charge is -2.39. The average molecular weight is 304 g/mol. The van der Waals surface area contributed by atoms with E-state index in [9.17, 15) is 9.59 Å². The first kappa shape index (κ1) is 16.8. The number of nitrogens with one attached hydrogen (secondary N) is 1.